The second kappa shape index (κ2) is 8.40. The SMILES string of the molecule is C=C(Bc1ccc(C(=O)O)c(F)c1)c1cc2c(cc1O)C(C)(C)CC=C2c1ccc(C)cc1. The number of carboxylic acids is 1. The molecule has 33 heavy (non-hydrogen) atoms. The molecule has 1 aliphatic rings. The van der Waals surface area contributed by atoms with Crippen molar-refractivity contribution in [2.24, 2.45) is 0 Å². The number of aromatic carboxylic acids is 1. The van der Waals surface area contributed by atoms with E-state index in [2.05, 4.69) is 57.7 Å². The van der Waals surface area contributed by atoms with Crippen LogP contribution in [-0.2, 0) is 5.41 Å². The maximum atomic E-state index is 14.1. The molecule has 0 radical (unpaired) electrons. The van der Waals surface area contributed by atoms with Crippen LogP contribution in [0.3, 0.4) is 0 Å². The Hall–Kier alpha value is -3.60. The average Bonchev–Trinajstić information content (AvgIpc) is 2.74. The Morgan fingerprint density at radius 2 is 1.76 bits per heavy atom. The van der Waals surface area contributed by atoms with Crippen molar-refractivity contribution >= 4 is 29.8 Å². The quantitative estimate of drug-likeness (QED) is 0.524. The minimum atomic E-state index is -1.30. The molecule has 0 spiro atoms. The number of carbonyl (C=O) groups is 1. The van der Waals surface area contributed by atoms with E-state index < -0.39 is 11.8 Å². The van der Waals surface area contributed by atoms with Crippen LogP contribution in [0.5, 0.6) is 5.75 Å². The average molecular weight is 440 g/mol. The highest BCUT2D eigenvalue weighted by Crippen LogP contribution is 2.44. The summed E-state index contributed by atoms with van der Waals surface area (Å²) in [6.07, 6.45) is 3.11. The van der Waals surface area contributed by atoms with Gasteiger partial charge in [0.15, 0.2) is 7.28 Å². The molecule has 0 bridgehead atoms. The van der Waals surface area contributed by atoms with Crippen molar-refractivity contribution in [1.82, 2.24) is 0 Å². The minimum Gasteiger partial charge on any atom is -0.507 e. The summed E-state index contributed by atoms with van der Waals surface area (Å²) in [6.45, 7) is 10.5. The number of benzene rings is 3. The van der Waals surface area contributed by atoms with Gasteiger partial charge in [-0.2, -0.15) is 0 Å². The van der Waals surface area contributed by atoms with Gasteiger partial charge >= 0.3 is 5.97 Å². The number of phenolic OH excluding ortho intramolecular Hbond substituents is 1. The molecule has 3 aromatic rings. The lowest BCUT2D eigenvalue weighted by atomic mass is 9.61. The number of aromatic hydroxyl groups is 1. The summed E-state index contributed by atoms with van der Waals surface area (Å²) >= 11 is 0. The van der Waals surface area contributed by atoms with Crippen molar-refractivity contribution in [3.8, 4) is 5.75 Å². The Labute approximate surface area is 194 Å². The summed E-state index contributed by atoms with van der Waals surface area (Å²) < 4.78 is 14.1. The van der Waals surface area contributed by atoms with E-state index >= 15 is 0 Å². The number of phenols is 1. The molecule has 3 aromatic carbocycles. The summed E-state index contributed by atoms with van der Waals surface area (Å²) in [7, 11) is 0.288. The number of carboxylic acid groups (broad SMARTS) is 1. The van der Waals surface area contributed by atoms with Crippen molar-refractivity contribution < 1.29 is 19.4 Å². The van der Waals surface area contributed by atoms with E-state index in [1.807, 2.05) is 12.1 Å². The van der Waals surface area contributed by atoms with Crippen LogP contribution in [-0.4, -0.2) is 23.5 Å². The van der Waals surface area contributed by atoms with Crippen LogP contribution in [0.15, 0.2) is 67.3 Å². The molecule has 0 aromatic heterocycles. The number of hydrogen-bond donors (Lipinski definition) is 2. The van der Waals surface area contributed by atoms with Gasteiger partial charge in [0, 0.05) is 5.56 Å². The molecule has 0 aliphatic heterocycles. The van der Waals surface area contributed by atoms with E-state index in [0.717, 1.165) is 28.7 Å². The zero-order chi connectivity index (χ0) is 23.9. The third kappa shape index (κ3) is 4.36. The Bertz CT molecular complexity index is 1300. The van der Waals surface area contributed by atoms with E-state index in [9.17, 15) is 14.3 Å². The van der Waals surface area contributed by atoms with Gasteiger partial charge in [-0.1, -0.05) is 66.8 Å². The maximum absolute atomic E-state index is 14.1. The lowest BCUT2D eigenvalue weighted by Gasteiger charge is -2.33. The number of allylic oxidation sites excluding steroid dienone is 1. The largest absolute Gasteiger partial charge is 0.507 e. The highest BCUT2D eigenvalue weighted by Gasteiger charge is 2.30. The number of halogens is 1. The molecule has 2 N–H and O–H groups in total. The molecule has 0 saturated carbocycles. The predicted molar refractivity (Wildman–Crippen MR) is 133 cm³/mol. The van der Waals surface area contributed by atoms with Crippen molar-refractivity contribution in [3.05, 3.63) is 106 Å². The van der Waals surface area contributed by atoms with Gasteiger partial charge in [-0.15, -0.1) is 6.58 Å². The fourth-order valence-corrected chi connectivity index (χ4v) is 4.42. The Kier molecular flexibility index (Phi) is 5.75. The van der Waals surface area contributed by atoms with Gasteiger partial charge in [-0.05, 0) is 65.3 Å². The third-order valence-electron chi connectivity index (χ3n) is 6.40. The highest BCUT2D eigenvalue weighted by molar-refractivity contribution is 6.73. The number of aryl methyl sites for hydroxylation is 1. The molecule has 3 nitrogen and oxygen atoms in total. The molecule has 166 valence electrons. The minimum absolute atomic E-state index is 0.128. The first-order valence-electron chi connectivity index (χ1n) is 10.9. The van der Waals surface area contributed by atoms with Crippen molar-refractivity contribution in [2.45, 2.75) is 32.6 Å². The number of rotatable bonds is 5. The first-order valence-corrected chi connectivity index (χ1v) is 10.9. The number of fused-ring (bicyclic) bond motifs is 1. The fraction of sp³-hybridized carbons (Fsp3) is 0.179. The van der Waals surface area contributed by atoms with Crippen molar-refractivity contribution in [3.63, 3.8) is 0 Å². The van der Waals surface area contributed by atoms with Crippen LogP contribution >= 0.6 is 0 Å². The van der Waals surface area contributed by atoms with Crippen LogP contribution in [0.25, 0.3) is 11.0 Å². The first kappa shape index (κ1) is 22.6. The summed E-state index contributed by atoms with van der Waals surface area (Å²) in [4.78, 5) is 11.1. The maximum Gasteiger partial charge on any atom is 0.338 e. The second-order valence-electron chi connectivity index (χ2n) is 9.39. The van der Waals surface area contributed by atoms with Gasteiger partial charge in [-0.25, -0.2) is 9.18 Å². The van der Waals surface area contributed by atoms with Gasteiger partial charge < -0.3 is 10.2 Å². The third-order valence-corrected chi connectivity index (χ3v) is 6.40. The van der Waals surface area contributed by atoms with Crippen molar-refractivity contribution in [2.75, 3.05) is 0 Å². The van der Waals surface area contributed by atoms with Gasteiger partial charge in [0.1, 0.15) is 11.6 Å². The number of hydrogen-bond acceptors (Lipinski definition) is 2. The second-order valence-corrected chi connectivity index (χ2v) is 9.39. The molecule has 0 atom stereocenters. The Morgan fingerprint density at radius 1 is 1.06 bits per heavy atom. The summed E-state index contributed by atoms with van der Waals surface area (Å²) in [6, 6.07) is 16.2. The monoisotopic (exact) mass is 440 g/mol. The van der Waals surface area contributed by atoms with Crippen LogP contribution in [0.2, 0.25) is 0 Å². The molecule has 0 heterocycles. The zero-order valence-electron chi connectivity index (χ0n) is 19.1. The lowest BCUT2D eigenvalue weighted by Crippen LogP contribution is -2.22. The van der Waals surface area contributed by atoms with E-state index in [-0.39, 0.29) is 24.0 Å². The van der Waals surface area contributed by atoms with Gasteiger partial charge in [0.25, 0.3) is 0 Å². The fourth-order valence-electron chi connectivity index (χ4n) is 4.42. The van der Waals surface area contributed by atoms with E-state index in [1.165, 1.54) is 17.7 Å². The molecular weight excluding hydrogens is 414 g/mol. The molecular formula is C28H26BFO3. The molecule has 4 rings (SSSR count). The van der Waals surface area contributed by atoms with Gasteiger partial charge in [-0.3, -0.25) is 0 Å². The molecule has 5 heteroatoms. The molecule has 0 fully saturated rings. The van der Waals surface area contributed by atoms with Crippen LogP contribution in [0.1, 0.15) is 58.4 Å². The topological polar surface area (TPSA) is 57.5 Å². The summed E-state index contributed by atoms with van der Waals surface area (Å²) in [5.74, 6) is -1.95. The van der Waals surface area contributed by atoms with E-state index in [1.54, 1.807) is 6.07 Å². The molecule has 1 aliphatic carbocycles. The highest BCUT2D eigenvalue weighted by atomic mass is 19.1. The smallest absolute Gasteiger partial charge is 0.338 e. The van der Waals surface area contributed by atoms with Crippen LogP contribution in [0, 0.1) is 12.7 Å². The van der Waals surface area contributed by atoms with Crippen molar-refractivity contribution in [1.29, 1.82) is 0 Å². The standard InChI is InChI=1S/C28H26BFO3/c1-16-5-7-18(8-6-16)20-11-12-28(3,4)24-15-26(31)22(14-23(20)24)17(2)29-19-9-10-21(27(32)33)25(30)13-19/h5-11,13-15,29,31H,2,12H2,1,3-4H3,(H,32,33). The van der Waals surface area contributed by atoms with Gasteiger partial charge in [0.2, 0.25) is 0 Å². The van der Waals surface area contributed by atoms with Crippen LogP contribution < -0.4 is 5.46 Å². The Balaban J connectivity index is 1.74. The van der Waals surface area contributed by atoms with E-state index in [0.29, 0.717) is 16.5 Å². The predicted octanol–water partition coefficient (Wildman–Crippen LogP) is 5.38. The lowest BCUT2D eigenvalue weighted by molar-refractivity contribution is 0.0692. The Morgan fingerprint density at radius 3 is 2.39 bits per heavy atom. The first-order chi connectivity index (χ1) is 15.6. The van der Waals surface area contributed by atoms with Gasteiger partial charge in [0.05, 0.1) is 5.56 Å². The normalized spacial score (nSPS) is 14.2. The summed E-state index contributed by atoms with van der Waals surface area (Å²) in [5, 5.41) is 19.9. The molecule has 0 saturated heterocycles. The zero-order valence-corrected chi connectivity index (χ0v) is 19.1. The van der Waals surface area contributed by atoms with Crippen LogP contribution in [0.4, 0.5) is 4.39 Å². The summed E-state index contributed by atoms with van der Waals surface area (Å²) in [5.41, 5.74) is 6.89. The molecule has 0 unspecified atom stereocenters. The van der Waals surface area contributed by atoms with E-state index in [4.69, 9.17) is 5.11 Å². The molecule has 0 amide bonds.